The lowest BCUT2D eigenvalue weighted by Gasteiger charge is -2.05. The van der Waals surface area contributed by atoms with Gasteiger partial charge >= 0.3 is 0 Å². The van der Waals surface area contributed by atoms with Crippen LogP contribution in [0.15, 0.2) is 18.2 Å². The van der Waals surface area contributed by atoms with E-state index in [0.29, 0.717) is 11.7 Å². The van der Waals surface area contributed by atoms with E-state index in [2.05, 4.69) is 13.8 Å². The van der Waals surface area contributed by atoms with Crippen LogP contribution in [-0.2, 0) is 0 Å². The van der Waals surface area contributed by atoms with Crippen LogP contribution in [-0.4, -0.2) is 16.8 Å². The highest BCUT2D eigenvalue weighted by Crippen LogP contribution is 2.18. The minimum absolute atomic E-state index is 0.226. The van der Waals surface area contributed by atoms with Crippen molar-refractivity contribution in [1.29, 1.82) is 0 Å². The summed E-state index contributed by atoms with van der Waals surface area (Å²) in [6.07, 6.45) is 2.72. The van der Waals surface area contributed by atoms with Crippen molar-refractivity contribution in [2.45, 2.75) is 45.3 Å². The molecule has 100 valence electrons. The molecule has 0 aromatic heterocycles. The Morgan fingerprint density at radius 2 is 2.06 bits per heavy atom. The van der Waals surface area contributed by atoms with E-state index in [1.165, 1.54) is 0 Å². The molecule has 0 unspecified atom stereocenters. The lowest BCUT2D eigenvalue weighted by Crippen LogP contribution is -2.00. The van der Waals surface area contributed by atoms with Crippen LogP contribution in [0.1, 0.15) is 49.0 Å². The number of carbonyl (C=O) groups is 1. The molecule has 0 fully saturated rings. The summed E-state index contributed by atoms with van der Waals surface area (Å²) in [5, 5.41) is 1.40. The number of aryl methyl sites for hydroxylation is 1. The van der Waals surface area contributed by atoms with Crippen LogP contribution in [0.3, 0.4) is 0 Å². The third-order valence-corrected chi connectivity index (χ3v) is 4.34. The Bertz CT molecular complexity index is 401. The van der Waals surface area contributed by atoms with Gasteiger partial charge in [-0.25, -0.2) is 0 Å². The molecule has 0 saturated carbocycles. The summed E-state index contributed by atoms with van der Waals surface area (Å²) in [7, 11) is 0. The molecule has 1 rings (SSSR count). The molecule has 0 bridgehead atoms. The standard InChI is InChI=1S/C15H21ClOS/c1-11(2)18-9-5-4-6-15(17)13-7-8-14(16)12(3)10-13/h7-8,10-11H,4-6,9H2,1-3H3. The van der Waals surface area contributed by atoms with Crippen LogP contribution in [0.4, 0.5) is 0 Å². The molecule has 0 amide bonds. The van der Waals surface area contributed by atoms with E-state index in [1.54, 1.807) is 6.07 Å². The molecule has 0 radical (unpaired) electrons. The van der Waals surface area contributed by atoms with Gasteiger partial charge in [0.15, 0.2) is 5.78 Å². The highest BCUT2D eigenvalue weighted by atomic mass is 35.5. The van der Waals surface area contributed by atoms with Crippen molar-refractivity contribution >= 4 is 29.1 Å². The second kappa shape index (κ2) is 7.85. The molecule has 0 spiro atoms. The van der Waals surface area contributed by atoms with Crippen molar-refractivity contribution in [2.75, 3.05) is 5.75 Å². The first-order chi connectivity index (χ1) is 8.50. The average molecular weight is 285 g/mol. The highest BCUT2D eigenvalue weighted by molar-refractivity contribution is 7.99. The molecule has 0 N–H and O–H groups in total. The lowest BCUT2D eigenvalue weighted by molar-refractivity contribution is 0.0980. The Balaban J connectivity index is 2.34. The molecule has 0 aliphatic rings. The Hall–Kier alpha value is -0.470. The third-order valence-electron chi connectivity index (χ3n) is 2.73. The van der Waals surface area contributed by atoms with Gasteiger partial charge in [0.1, 0.15) is 0 Å². The maximum Gasteiger partial charge on any atom is 0.162 e. The van der Waals surface area contributed by atoms with Gasteiger partial charge in [0.05, 0.1) is 0 Å². The summed E-state index contributed by atoms with van der Waals surface area (Å²) in [6, 6.07) is 5.51. The van der Waals surface area contributed by atoms with Crippen molar-refractivity contribution in [1.82, 2.24) is 0 Å². The minimum Gasteiger partial charge on any atom is -0.294 e. The maximum atomic E-state index is 12.0. The molecule has 18 heavy (non-hydrogen) atoms. The summed E-state index contributed by atoms with van der Waals surface area (Å²) in [6.45, 7) is 6.33. The molecule has 3 heteroatoms. The van der Waals surface area contributed by atoms with Gasteiger partial charge in [0.25, 0.3) is 0 Å². The first-order valence-electron chi connectivity index (χ1n) is 6.41. The summed E-state index contributed by atoms with van der Waals surface area (Å²) < 4.78 is 0. The van der Waals surface area contributed by atoms with E-state index in [4.69, 9.17) is 11.6 Å². The van der Waals surface area contributed by atoms with E-state index in [0.717, 1.165) is 34.7 Å². The molecule has 0 heterocycles. The van der Waals surface area contributed by atoms with E-state index >= 15 is 0 Å². The second-order valence-corrected chi connectivity index (χ2v) is 6.86. The third kappa shape index (κ3) is 5.45. The predicted octanol–water partition coefficient (Wildman–Crippen LogP) is 5.14. The van der Waals surface area contributed by atoms with Gasteiger partial charge in [-0.3, -0.25) is 4.79 Å². The van der Waals surface area contributed by atoms with Crippen LogP contribution < -0.4 is 0 Å². The fourth-order valence-electron chi connectivity index (χ4n) is 1.67. The number of ketones is 1. The van der Waals surface area contributed by atoms with Crippen molar-refractivity contribution in [3.63, 3.8) is 0 Å². The first kappa shape index (κ1) is 15.6. The summed E-state index contributed by atoms with van der Waals surface area (Å²) in [4.78, 5) is 12.0. The molecular formula is C15H21ClOS. The van der Waals surface area contributed by atoms with Crippen LogP contribution in [0.25, 0.3) is 0 Å². The second-order valence-electron chi connectivity index (χ2n) is 4.76. The van der Waals surface area contributed by atoms with Crippen molar-refractivity contribution in [3.8, 4) is 0 Å². The number of benzene rings is 1. The number of hydrogen-bond acceptors (Lipinski definition) is 2. The number of hydrogen-bond donors (Lipinski definition) is 0. The first-order valence-corrected chi connectivity index (χ1v) is 7.84. The maximum absolute atomic E-state index is 12.0. The SMILES string of the molecule is Cc1cc(C(=O)CCCCSC(C)C)ccc1Cl. The Kier molecular flexibility index (Phi) is 6.80. The topological polar surface area (TPSA) is 17.1 Å². The largest absolute Gasteiger partial charge is 0.294 e. The zero-order chi connectivity index (χ0) is 13.5. The van der Waals surface area contributed by atoms with E-state index in [-0.39, 0.29) is 5.78 Å². The normalized spacial score (nSPS) is 10.9. The number of thioether (sulfide) groups is 1. The van der Waals surface area contributed by atoms with E-state index in [1.807, 2.05) is 30.8 Å². The molecule has 1 nitrogen and oxygen atoms in total. The summed E-state index contributed by atoms with van der Waals surface area (Å²) >= 11 is 7.90. The Morgan fingerprint density at radius 3 is 2.67 bits per heavy atom. The predicted molar refractivity (Wildman–Crippen MR) is 82.0 cm³/mol. The fourth-order valence-corrected chi connectivity index (χ4v) is 2.63. The van der Waals surface area contributed by atoms with Gasteiger partial charge in [-0.05, 0) is 54.5 Å². The zero-order valence-electron chi connectivity index (χ0n) is 11.3. The number of unbranched alkanes of at least 4 members (excludes halogenated alkanes) is 1. The molecular weight excluding hydrogens is 264 g/mol. The molecule has 1 aromatic carbocycles. The molecule has 0 aliphatic heterocycles. The smallest absolute Gasteiger partial charge is 0.162 e. The quantitative estimate of drug-likeness (QED) is 0.509. The van der Waals surface area contributed by atoms with E-state index in [9.17, 15) is 4.79 Å². The van der Waals surface area contributed by atoms with Gasteiger partial charge in [-0.1, -0.05) is 25.4 Å². The van der Waals surface area contributed by atoms with Crippen LogP contribution in [0, 0.1) is 6.92 Å². The molecule has 0 saturated heterocycles. The summed E-state index contributed by atoms with van der Waals surface area (Å²) in [5.74, 6) is 1.37. The van der Waals surface area contributed by atoms with Crippen LogP contribution >= 0.6 is 23.4 Å². The Morgan fingerprint density at radius 1 is 1.33 bits per heavy atom. The number of Topliss-reactive ketones (excluding diaryl/α,β-unsaturated/α-hetero) is 1. The molecule has 0 atom stereocenters. The van der Waals surface area contributed by atoms with Crippen molar-refractivity contribution in [3.05, 3.63) is 34.3 Å². The van der Waals surface area contributed by atoms with Gasteiger partial charge in [0, 0.05) is 17.0 Å². The number of rotatable bonds is 7. The number of halogens is 1. The van der Waals surface area contributed by atoms with Crippen LogP contribution in [0.2, 0.25) is 5.02 Å². The van der Waals surface area contributed by atoms with Crippen LogP contribution in [0.5, 0.6) is 0 Å². The zero-order valence-corrected chi connectivity index (χ0v) is 12.9. The summed E-state index contributed by atoms with van der Waals surface area (Å²) in [5.41, 5.74) is 1.76. The van der Waals surface area contributed by atoms with Gasteiger partial charge < -0.3 is 0 Å². The van der Waals surface area contributed by atoms with E-state index < -0.39 is 0 Å². The molecule has 0 aliphatic carbocycles. The van der Waals surface area contributed by atoms with Crippen molar-refractivity contribution < 1.29 is 4.79 Å². The Labute approximate surface area is 119 Å². The monoisotopic (exact) mass is 284 g/mol. The van der Waals surface area contributed by atoms with Gasteiger partial charge in [-0.2, -0.15) is 11.8 Å². The van der Waals surface area contributed by atoms with Gasteiger partial charge in [-0.15, -0.1) is 0 Å². The fraction of sp³-hybridized carbons (Fsp3) is 0.533. The minimum atomic E-state index is 0.226. The average Bonchev–Trinajstić information content (AvgIpc) is 2.31. The molecule has 1 aromatic rings. The van der Waals surface area contributed by atoms with Gasteiger partial charge in [0.2, 0.25) is 0 Å². The highest BCUT2D eigenvalue weighted by Gasteiger charge is 2.07. The van der Waals surface area contributed by atoms with Crippen molar-refractivity contribution in [2.24, 2.45) is 0 Å². The number of carbonyl (C=O) groups excluding carboxylic acids is 1. The lowest BCUT2D eigenvalue weighted by atomic mass is 10.0.